The highest BCUT2D eigenvalue weighted by Gasteiger charge is 2.19. The first-order chi connectivity index (χ1) is 33.5. The van der Waals surface area contributed by atoms with Crippen molar-refractivity contribution >= 4 is 17.9 Å². The standard InChI is InChI=1S/C62H106O6/c1-4-7-10-13-16-19-22-25-27-29-31-33-34-37-40-43-46-49-52-55-61(64)67-58-59(57-66-60(63)54-51-48-45-42-39-36-24-21-18-15-12-9-6-3)68-62(65)56-53-50-47-44-41-38-35-32-30-28-26-23-20-17-14-11-8-5-2/h9,12,15,18,21,24,29,31-32,35-36,39,42,45,59H,4-8,10-11,13-14,16-17,19-20,22-23,25-28,30,33-34,37-38,40-41,43-44,46-58H2,1-3H3/b12-9-,18-15-,24-21-,31-29-,35-32-,39-36-,45-42-. The molecule has 0 saturated heterocycles. The van der Waals surface area contributed by atoms with Crippen LogP contribution in [0.5, 0.6) is 0 Å². The monoisotopic (exact) mass is 947 g/mol. The molecule has 6 nitrogen and oxygen atoms in total. The van der Waals surface area contributed by atoms with Gasteiger partial charge in [-0.05, 0) is 83.5 Å². The zero-order chi connectivity index (χ0) is 49.3. The molecular formula is C62H106O6. The Bertz CT molecular complexity index is 1320. The van der Waals surface area contributed by atoms with Crippen LogP contribution in [0.2, 0.25) is 0 Å². The Labute approximate surface area is 420 Å². The molecule has 0 radical (unpaired) electrons. The summed E-state index contributed by atoms with van der Waals surface area (Å²) in [5, 5.41) is 0. The molecule has 0 rings (SSSR count). The Morgan fingerprint density at radius 1 is 0.309 bits per heavy atom. The molecule has 0 aliphatic rings. The van der Waals surface area contributed by atoms with E-state index in [1.54, 1.807) is 0 Å². The quantitative estimate of drug-likeness (QED) is 0.0199. The van der Waals surface area contributed by atoms with Crippen LogP contribution in [0.1, 0.15) is 271 Å². The van der Waals surface area contributed by atoms with Gasteiger partial charge in [-0.3, -0.25) is 14.4 Å². The largest absolute Gasteiger partial charge is 0.462 e. The third kappa shape index (κ3) is 53.5. The molecule has 0 saturated carbocycles. The number of ether oxygens (including phenoxy) is 3. The summed E-state index contributed by atoms with van der Waals surface area (Å²) in [5.74, 6) is -0.989. The molecule has 6 heteroatoms. The van der Waals surface area contributed by atoms with Crippen LogP contribution in [0.15, 0.2) is 85.1 Å². The molecule has 0 fully saturated rings. The molecule has 1 atom stereocenters. The van der Waals surface area contributed by atoms with Crippen molar-refractivity contribution in [2.75, 3.05) is 13.2 Å². The first kappa shape index (κ1) is 64.6. The lowest BCUT2D eigenvalue weighted by Gasteiger charge is -2.18. The van der Waals surface area contributed by atoms with Gasteiger partial charge in [-0.15, -0.1) is 0 Å². The molecule has 0 aromatic carbocycles. The third-order valence-electron chi connectivity index (χ3n) is 12.2. The first-order valence-corrected chi connectivity index (χ1v) is 28.7. The molecule has 0 aromatic rings. The minimum absolute atomic E-state index is 0.104. The van der Waals surface area contributed by atoms with Crippen molar-refractivity contribution in [3.8, 4) is 0 Å². The summed E-state index contributed by atoms with van der Waals surface area (Å²) in [6.07, 6.45) is 73.0. The molecular weight excluding hydrogens is 841 g/mol. The number of allylic oxidation sites excluding steroid dienone is 14. The zero-order valence-electron chi connectivity index (χ0n) is 44.6. The Kier molecular flexibility index (Phi) is 53.4. The van der Waals surface area contributed by atoms with Crippen molar-refractivity contribution in [1.82, 2.24) is 0 Å². The SMILES string of the molecule is CC\C=C/C=C\C=C/C=C\C=C/CCCC(=O)OCC(COC(=O)CCCCCCCCC/C=C\CCCCCCCCCC)OC(=O)CCCCCCC/C=C\CCCCCCCCCCC. The van der Waals surface area contributed by atoms with Gasteiger partial charge < -0.3 is 14.2 Å². The van der Waals surface area contributed by atoms with Gasteiger partial charge >= 0.3 is 17.9 Å². The molecule has 0 aromatic heterocycles. The lowest BCUT2D eigenvalue weighted by Crippen LogP contribution is -2.30. The fourth-order valence-electron chi connectivity index (χ4n) is 7.93. The Morgan fingerprint density at radius 3 is 0.985 bits per heavy atom. The van der Waals surface area contributed by atoms with Crippen molar-refractivity contribution in [2.45, 2.75) is 277 Å². The third-order valence-corrected chi connectivity index (χ3v) is 12.2. The fraction of sp³-hybridized carbons (Fsp3) is 0.726. The molecule has 0 aliphatic carbocycles. The highest BCUT2D eigenvalue weighted by atomic mass is 16.6. The van der Waals surface area contributed by atoms with Crippen LogP contribution in [-0.4, -0.2) is 37.2 Å². The van der Waals surface area contributed by atoms with Crippen molar-refractivity contribution in [1.29, 1.82) is 0 Å². The van der Waals surface area contributed by atoms with Gasteiger partial charge in [0.05, 0.1) is 0 Å². The minimum atomic E-state index is -0.812. The molecule has 1 unspecified atom stereocenters. The number of hydrogen-bond donors (Lipinski definition) is 0. The normalized spacial score (nSPS) is 12.7. The number of esters is 3. The van der Waals surface area contributed by atoms with Crippen LogP contribution < -0.4 is 0 Å². The van der Waals surface area contributed by atoms with Gasteiger partial charge in [-0.2, -0.15) is 0 Å². The van der Waals surface area contributed by atoms with E-state index in [2.05, 4.69) is 51.2 Å². The molecule has 0 bridgehead atoms. The molecule has 0 spiro atoms. The highest BCUT2D eigenvalue weighted by Crippen LogP contribution is 2.15. The second-order valence-electron chi connectivity index (χ2n) is 18.9. The zero-order valence-corrected chi connectivity index (χ0v) is 44.6. The van der Waals surface area contributed by atoms with Crippen molar-refractivity contribution in [3.63, 3.8) is 0 Å². The molecule has 0 amide bonds. The van der Waals surface area contributed by atoms with Gasteiger partial charge in [0, 0.05) is 19.3 Å². The van der Waals surface area contributed by atoms with E-state index in [4.69, 9.17) is 14.2 Å². The number of hydrogen-bond acceptors (Lipinski definition) is 6. The van der Waals surface area contributed by atoms with Gasteiger partial charge in [0.15, 0.2) is 6.10 Å². The van der Waals surface area contributed by atoms with E-state index in [1.807, 2.05) is 54.7 Å². The predicted molar refractivity (Wildman–Crippen MR) is 293 cm³/mol. The van der Waals surface area contributed by atoms with Gasteiger partial charge in [0.2, 0.25) is 0 Å². The van der Waals surface area contributed by atoms with E-state index in [0.717, 1.165) is 64.2 Å². The van der Waals surface area contributed by atoms with E-state index >= 15 is 0 Å². The summed E-state index contributed by atoms with van der Waals surface area (Å²) in [4.78, 5) is 38.1. The second-order valence-corrected chi connectivity index (χ2v) is 18.9. The van der Waals surface area contributed by atoms with E-state index in [0.29, 0.717) is 19.3 Å². The Balaban J connectivity index is 4.44. The van der Waals surface area contributed by atoms with Crippen LogP contribution in [0.3, 0.4) is 0 Å². The minimum Gasteiger partial charge on any atom is -0.462 e. The summed E-state index contributed by atoms with van der Waals surface area (Å²) >= 11 is 0. The summed E-state index contributed by atoms with van der Waals surface area (Å²) in [5.41, 5.74) is 0. The number of unbranched alkanes of at least 4 members (excludes halogenated alkanes) is 30. The predicted octanol–water partition coefficient (Wildman–Crippen LogP) is 19.2. The maximum atomic E-state index is 12.8. The average molecular weight is 948 g/mol. The lowest BCUT2D eigenvalue weighted by molar-refractivity contribution is -0.167. The van der Waals surface area contributed by atoms with Crippen LogP contribution >= 0.6 is 0 Å². The smallest absolute Gasteiger partial charge is 0.306 e. The first-order valence-electron chi connectivity index (χ1n) is 28.7. The van der Waals surface area contributed by atoms with Gasteiger partial charge in [0.25, 0.3) is 0 Å². The average Bonchev–Trinajstić information content (AvgIpc) is 3.34. The van der Waals surface area contributed by atoms with E-state index in [9.17, 15) is 14.4 Å². The molecule has 0 heterocycles. The van der Waals surface area contributed by atoms with Crippen LogP contribution in [0.25, 0.3) is 0 Å². The van der Waals surface area contributed by atoms with E-state index in [-0.39, 0.29) is 37.5 Å². The van der Waals surface area contributed by atoms with Gasteiger partial charge in [-0.25, -0.2) is 0 Å². The second kappa shape index (κ2) is 56.2. The van der Waals surface area contributed by atoms with Crippen molar-refractivity contribution in [2.24, 2.45) is 0 Å². The van der Waals surface area contributed by atoms with Crippen LogP contribution in [-0.2, 0) is 28.6 Å². The van der Waals surface area contributed by atoms with Gasteiger partial charge in [-0.1, -0.05) is 254 Å². The van der Waals surface area contributed by atoms with Crippen molar-refractivity contribution < 1.29 is 28.6 Å². The summed E-state index contributed by atoms with van der Waals surface area (Å²) in [6, 6.07) is 0. The molecule has 0 N–H and O–H groups in total. The Morgan fingerprint density at radius 2 is 0.603 bits per heavy atom. The summed E-state index contributed by atoms with van der Waals surface area (Å²) in [7, 11) is 0. The van der Waals surface area contributed by atoms with Crippen molar-refractivity contribution in [3.05, 3.63) is 85.1 Å². The van der Waals surface area contributed by atoms with Gasteiger partial charge in [0.1, 0.15) is 13.2 Å². The fourth-order valence-corrected chi connectivity index (χ4v) is 7.93. The molecule has 0 aliphatic heterocycles. The number of rotatable bonds is 51. The molecule has 68 heavy (non-hydrogen) atoms. The van der Waals surface area contributed by atoms with Crippen LogP contribution in [0.4, 0.5) is 0 Å². The van der Waals surface area contributed by atoms with E-state index in [1.165, 1.54) is 161 Å². The van der Waals surface area contributed by atoms with Crippen LogP contribution in [0, 0.1) is 0 Å². The maximum Gasteiger partial charge on any atom is 0.306 e. The number of carbonyl (C=O) groups excluding carboxylic acids is 3. The topological polar surface area (TPSA) is 78.9 Å². The maximum absolute atomic E-state index is 12.8. The Hall–Kier alpha value is -3.41. The number of carbonyl (C=O) groups is 3. The highest BCUT2D eigenvalue weighted by molar-refractivity contribution is 5.71. The lowest BCUT2D eigenvalue weighted by atomic mass is 10.1. The summed E-state index contributed by atoms with van der Waals surface area (Å²) in [6.45, 7) is 6.44. The van der Waals surface area contributed by atoms with E-state index < -0.39 is 6.10 Å². The molecule has 390 valence electrons. The summed E-state index contributed by atoms with van der Waals surface area (Å²) < 4.78 is 16.8.